The Morgan fingerprint density at radius 1 is 0.280 bits per heavy atom. The van der Waals surface area contributed by atoms with Crippen molar-refractivity contribution < 1.29 is 28.6 Å². The molecule has 0 amide bonds. The SMILES string of the molecule is CC/C=C\C/C=C\C/C=C\C/C=C\C/C=C\C/C=C\CCC(=O)OC[C@@H](COC(=O)CCCCCCCCCCC/C=C\C/C=C\CCCCC)OC(=O)CCCCC/C=C\C/C=C\C/C=C\C/C=C\C/C=C\CC. The molecular weight excluding hydrogens is 925 g/mol. The van der Waals surface area contributed by atoms with Gasteiger partial charge in [0.15, 0.2) is 6.10 Å². The highest BCUT2D eigenvalue weighted by Gasteiger charge is 2.19. The van der Waals surface area contributed by atoms with Crippen molar-refractivity contribution in [2.45, 2.75) is 245 Å². The molecule has 0 aliphatic carbocycles. The summed E-state index contributed by atoms with van der Waals surface area (Å²) in [6.45, 7) is 6.28. The molecular formula is C69H108O6. The normalized spacial score (nSPS) is 13.3. The topological polar surface area (TPSA) is 78.9 Å². The number of unbranched alkanes of at least 4 members (excludes halogenated alkanes) is 15. The molecule has 1 atom stereocenters. The van der Waals surface area contributed by atoms with Crippen LogP contribution in [0, 0.1) is 0 Å². The van der Waals surface area contributed by atoms with Gasteiger partial charge in [0.2, 0.25) is 0 Å². The Balaban J connectivity index is 4.59. The summed E-state index contributed by atoms with van der Waals surface area (Å²) in [4.78, 5) is 38.2. The van der Waals surface area contributed by atoms with E-state index in [0.717, 1.165) is 116 Å². The summed E-state index contributed by atoms with van der Waals surface area (Å²) >= 11 is 0. The van der Waals surface area contributed by atoms with Gasteiger partial charge in [0.25, 0.3) is 0 Å². The van der Waals surface area contributed by atoms with Gasteiger partial charge in [-0.3, -0.25) is 14.4 Å². The molecule has 0 saturated carbocycles. The van der Waals surface area contributed by atoms with E-state index in [9.17, 15) is 14.4 Å². The van der Waals surface area contributed by atoms with Crippen LogP contribution >= 0.6 is 0 Å². The van der Waals surface area contributed by atoms with Gasteiger partial charge in [0.05, 0.1) is 0 Å². The van der Waals surface area contributed by atoms with E-state index in [0.29, 0.717) is 19.3 Å². The summed E-state index contributed by atoms with van der Waals surface area (Å²) in [5.41, 5.74) is 0. The molecule has 0 saturated heterocycles. The number of allylic oxidation sites excluding steroid dienone is 26. The van der Waals surface area contributed by atoms with E-state index in [1.165, 1.54) is 70.6 Å². The number of carbonyl (C=O) groups excluding carboxylic acids is 3. The molecule has 0 heterocycles. The van der Waals surface area contributed by atoms with Crippen molar-refractivity contribution in [2.75, 3.05) is 13.2 Å². The van der Waals surface area contributed by atoms with Crippen molar-refractivity contribution in [1.29, 1.82) is 0 Å². The molecule has 6 nitrogen and oxygen atoms in total. The van der Waals surface area contributed by atoms with Crippen molar-refractivity contribution in [3.05, 3.63) is 158 Å². The van der Waals surface area contributed by atoms with Crippen molar-refractivity contribution in [2.24, 2.45) is 0 Å². The Hall–Kier alpha value is -4.97. The number of esters is 3. The molecule has 6 heteroatoms. The third kappa shape index (κ3) is 59.8. The van der Waals surface area contributed by atoms with Crippen LogP contribution in [0.15, 0.2) is 158 Å². The van der Waals surface area contributed by atoms with Crippen LogP contribution in [0.2, 0.25) is 0 Å². The summed E-state index contributed by atoms with van der Waals surface area (Å²) in [7, 11) is 0. The summed E-state index contributed by atoms with van der Waals surface area (Å²) < 4.78 is 16.8. The summed E-state index contributed by atoms with van der Waals surface area (Å²) in [6.07, 6.45) is 89.6. The smallest absolute Gasteiger partial charge is 0.306 e. The predicted molar refractivity (Wildman–Crippen MR) is 325 cm³/mol. The molecule has 0 aliphatic rings. The number of carbonyl (C=O) groups is 3. The second-order valence-corrected chi connectivity index (χ2v) is 19.1. The molecule has 0 aromatic heterocycles. The van der Waals surface area contributed by atoms with Gasteiger partial charge in [-0.2, -0.15) is 0 Å². The molecule has 0 bridgehead atoms. The van der Waals surface area contributed by atoms with Crippen molar-refractivity contribution in [3.63, 3.8) is 0 Å². The molecule has 0 rings (SSSR count). The molecule has 0 aliphatic heterocycles. The summed E-state index contributed by atoms with van der Waals surface area (Å²) in [6, 6.07) is 0. The molecule has 0 fully saturated rings. The van der Waals surface area contributed by atoms with Crippen molar-refractivity contribution >= 4 is 17.9 Å². The lowest BCUT2D eigenvalue weighted by atomic mass is 10.1. The number of ether oxygens (including phenoxy) is 3. The molecule has 0 spiro atoms. The number of rotatable bonds is 52. The lowest BCUT2D eigenvalue weighted by molar-refractivity contribution is -0.166. The maximum absolute atomic E-state index is 12.9. The fourth-order valence-electron chi connectivity index (χ4n) is 7.58. The quantitative estimate of drug-likeness (QED) is 0.0261. The summed E-state index contributed by atoms with van der Waals surface area (Å²) in [5, 5.41) is 0. The average molecular weight is 1030 g/mol. The molecule has 75 heavy (non-hydrogen) atoms. The highest BCUT2D eigenvalue weighted by atomic mass is 16.6. The fourth-order valence-corrected chi connectivity index (χ4v) is 7.58. The van der Waals surface area contributed by atoms with Gasteiger partial charge >= 0.3 is 17.9 Å². The first kappa shape index (κ1) is 70.0. The maximum atomic E-state index is 12.9. The highest BCUT2D eigenvalue weighted by molar-refractivity contribution is 5.71. The van der Waals surface area contributed by atoms with Crippen molar-refractivity contribution in [3.8, 4) is 0 Å². The van der Waals surface area contributed by atoms with Gasteiger partial charge in [-0.15, -0.1) is 0 Å². The zero-order chi connectivity index (χ0) is 54.3. The minimum absolute atomic E-state index is 0.124. The van der Waals surface area contributed by atoms with Crippen LogP contribution < -0.4 is 0 Å². The lowest BCUT2D eigenvalue weighted by Gasteiger charge is -2.18. The van der Waals surface area contributed by atoms with Crippen LogP contribution in [0.1, 0.15) is 239 Å². The summed E-state index contributed by atoms with van der Waals surface area (Å²) in [5.74, 6) is -1.05. The van der Waals surface area contributed by atoms with E-state index in [1.54, 1.807) is 0 Å². The first-order valence-electron chi connectivity index (χ1n) is 30.0. The Labute approximate surface area is 460 Å². The van der Waals surface area contributed by atoms with Gasteiger partial charge in [-0.05, 0) is 135 Å². The van der Waals surface area contributed by atoms with E-state index in [1.807, 2.05) is 12.2 Å². The second-order valence-electron chi connectivity index (χ2n) is 19.1. The van der Waals surface area contributed by atoms with Gasteiger partial charge in [0.1, 0.15) is 13.2 Å². The van der Waals surface area contributed by atoms with Gasteiger partial charge in [-0.25, -0.2) is 0 Å². The fraction of sp³-hybridized carbons (Fsp3) is 0.580. The molecule has 0 aromatic rings. The molecule has 0 N–H and O–H groups in total. The molecule has 0 aromatic carbocycles. The van der Waals surface area contributed by atoms with Crippen LogP contribution in [0.5, 0.6) is 0 Å². The number of hydrogen-bond donors (Lipinski definition) is 0. The average Bonchev–Trinajstić information content (AvgIpc) is 3.41. The Kier molecular flexibility index (Phi) is 57.5. The van der Waals surface area contributed by atoms with Gasteiger partial charge < -0.3 is 14.2 Å². The van der Waals surface area contributed by atoms with E-state index in [-0.39, 0.29) is 44.0 Å². The minimum Gasteiger partial charge on any atom is -0.462 e. The molecule has 0 radical (unpaired) electrons. The monoisotopic (exact) mass is 1030 g/mol. The molecule has 420 valence electrons. The third-order valence-corrected chi connectivity index (χ3v) is 12.0. The Morgan fingerprint density at radius 2 is 0.547 bits per heavy atom. The minimum atomic E-state index is -0.837. The zero-order valence-corrected chi connectivity index (χ0v) is 48.0. The maximum Gasteiger partial charge on any atom is 0.306 e. The Morgan fingerprint density at radius 3 is 0.907 bits per heavy atom. The van der Waals surface area contributed by atoms with Gasteiger partial charge in [0, 0.05) is 19.3 Å². The third-order valence-electron chi connectivity index (χ3n) is 12.0. The standard InChI is InChI=1S/C69H108O6/c1-4-7-10-13-16-19-22-25-28-31-34-37-40-43-46-49-52-55-58-61-67(70)73-64-66(75-69(72)63-60-57-54-51-48-45-42-39-36-33-30-27-24-21-18-15-12-9-6-3)65-74-68(71)62-59-56-53-50-47-44-41-38-35-32-29-26-23-20-17-14-11-8-5-2/h7,9-10,12,16-21,25-30,34,36-37,39,43,45-46,48,52,55,66H,4-6,8,11,13-15,22-24,31-33,35,38,40-42,44,47,49-51,53-54,56-65H2,1-3H3/b10-7-,12-9-,19-16-,20-17-,21-18-,28-25-,29-26-,30-27-,37-34-,39-36-,46-43-,48-45-,55-52-/t66-/m0/s1. The van der Waals surface area contributed by atoms with E-state index >= 15 is 0 Å². The highest BCUT2D eigenvalue weighted by Crippen LogP contribution is 2.13. The van der Waals surface area contributed by atoms with E-state index < -0.39 is 6.10 Å². The number of hydrogen-bond acceptors (Lipinski definition) is 6. The largest absolute Gasteiger partial charge is 0.462 e. The Bertz CT molecular complexity index is 1710. The second kappa shape index (κ2) is 61.6. The van der Waals surface area contributed by atoms with Crippen LogP contribution in [-0.2, 0) is 28.6 Å². The van der Waals surface area contributed by atoms with Crippen LogP contribution in [0.25, 0.3) is 0 Å². The van der Waals surface area contributed by atoms with Crippen molar-refractivity contribution in [1.82, 2.24) is 0 Å². The van der Waals surface area contributed by atoms with E-state index in [2.05, 4.69) is 167 Å². The van der Waals surface area contributed by atoms with Crippen LogP contribution in [0.3, 0.4) is 0 Å². The molecule has 0 unspecified atom stereocenters. The first-order valence-corrected chi connectivity index (χ1v) is 30.0. The first-order chi connectivity index (χ1) is 37.0. The zero-order valence-electron chi connectivity index (χ0n) is 48.0. The lowest BCUT2D eigenvalue weighted by Crippen LogP contribution is -2.30. The van der Waals surface area contributed by atoms with Crippen LogP contribution in [-0.4, -0.2) is 37.2 Å². The van der Waals surface area contributed by atoms with E-state index in [4.69, 9.17) is 14.2 Å². The predicted octanol–water partition coefficient (Wildman–Crippen LogP) is 20.5. The van der Waals surface area contributed by atoms with Gasteiger partial charge in [-0.1, -0.05) is 243 Å². The van der Waals surface area contributed by atoms with Crippen LogP contribution in [0.4, 0.5) is 0 Å².